The Hall–Kier alpha value is -3.57. The summed E-state index contributed by atoms with van der Waals surface area (Å²) in [6.45, 7) is 2.35. The second kappa shape index (κ2) is 15.4. The first-order chi connectivity index (χ1) is 21.4. The minimum Gasteiger partial charge on any atom is -0.493 e. The number of methoxy groups -OCH3 is 2. The van der Waals surface area contributed by atoms with Gasteiger partial charge in [0.25, 0.3) is 5.56 Å². The minimum atomic E-state index is -0.126. The summed E-state index contributed by atoms with van der Waals surface area (Å²) in [4.78, 5) is 43.9. The third-order valence-corrected chi connectivity index (χ3v) is 9.51. The Kier molecular flexibility index (Phi) is 11.2. The quantitative estimate of drug-likeness (QED) is 0.217. The number of thioether (sulfide) groups is 1. The molecule has 1 saturated carbocycles. The summed E-state index contributed by atoms with van der Waals surface area (Å²) in [5.74, 6) is 1.70. The van der Waals surface area contributed by atoms with Crippen molar-refractivity contribution in [2.45, 2.75) is 62.8 Å². The number of amides is 2. The van der Waals surface area contributed by atoms with E-state index in [1.807, 2.05) is 36.4 Å². The molecule has 236 valence electrons. The van der Waals surface area contributed by atoms with Gasteiger partial charge in [0.1, 0.15) is 0 Å². The molecular formula is C33H42N4O6S. The predicted octanol–water partition coefficient (Wildman–Crippen LogP) is 3.97. The molecule has 0 unspecified atom stereocenters. The SMILES string of the molecule is COc1ccc(CCNC(=O)CSc2nc3ccccc3c(=O)n2CC2CCC(C(=O)NC[C@@H]3CCCO3)CC2)cc1OC. The van der Waals surface area contributed by atoms with Gasteiger partial charge in [-0.3, -0.25) is 19.0 Å². The van der Waals surface area contributed by atoms with Crippen molar-refractivity contribution in [3.63, 3.8) is 0 Å². The highest BCUT2D eigenvalue weighted by molar-refractivity contribution is 7.99. The van der Waals surface area contributed by atoms with Crippen LogP contribution in [0.1, 0.15) is 44.1 Å². The van der Waals surface area contributed by atoms with Crippen LogP contribution in [0.25, 0.3) is 10.9 Å². The summed E-state index contributed by atoms with van der Waals surface area (Å²) in [7, 11) is 3.19. The van der Waals surface area contributed by atoms with E-state index in [2.05, 4.69) is 10.6 Å². The second-order valence-corrected chi connectivity index (χ2v) is 12.4. The Morgan fingerprint density at radius 2 is 1.82 bits per heavy atom. The molecule has 2 N–H and O–H groups in total. The van der Waals surface area contributed by atoms with Gasteiger partial charge in [-0.1, -0.05) is 30.0 Å². The molecule has 2 aromatic carbocycles. The van der Waals surface area contributed by atoms with Crippen LogP contribution in [0.4, 0.5) is 0 Å². The lowest BCUT2D eigenvalue weighted by molar-refractivity contribution is -0.126. The van der Waals surface area contributed by atoms with Crippen LogP contribution in [0.15, 0.2) is 52.4 Å². The lowest BCUT2D eigenvalue weighted by Crippen LogP contribution is -2.38. The number of ether oxygens (including phenoxy) is 3. The van der Waals surface area contributed by atoms with E-state index in [1.54, 1.807) is 24.9 Å². The Labute approximate surface area is 262 Å². The number of carbonyl (C=O) groups is 2. The molecule has 1 atom stereocenters. The molecule has 0 bridgehead atoms. The normalized spacial score (nSPS) is 19.9. The topological polar surface area (TPSA) is 121 Å². The maximum Gasteiger partial charge on any atom is 0.262 e. The number of rotatable bonds is 13. The number of nitrogens with one attached hydrogen (secondary N) is 2. The lowest BCUT2D eigenvalue weighted by atomic mass is 9.81. The fourth-order valence-electron chi connectivity index (χ4n) is 6.01. The van der Waals surface area contributed by atoms with Gasteiger partial charge in [-0.25, -0.2) is 4.98 Å². The van der Waals surface area contributed by atoms with Crippen molar-refractivity contribution in [2.75, 3.05) is 39.7 Å². The van der Waals surface area contributed by atoms with Crippen LogP contribution in [-0.4, -0.2) is 67.1 Å². The predicted molar refractivity (Wildman–Crippen MR) is 170 cm³/mol. The third-order valence-electron chi connectivity index (χ3n) is 8.53. The summed E-state index contributed by atoms with van der Waals surface area (Å²) >= 11 is 1.28. The fraction of sp³-hybridized carbons (Fsp3) is 0.515. The number of benzene rings is 2. The van der Waals surface area contributed by atoms with Gasteiger partial charge in [0, 0.05) is 32.2 Å². The molecule has 2 amide bonds. The Morgan fingerprint density at radius 3 is 2.57 bits per heavy atom. The average molecular weight is 623 g/mol. The largest absolute Gasteiger partial charge is 0.493 e. The number of aromatic nitrogens is 2. The average Bonchev–Trinajstić information content (AvgIpc) is 3.58. The molecule has 2 heterocycles. The molecule has 2 fully saturated rings. The van der Waals surface area contributed by atoms with Crippen molar-refractivity contribution in [2.24, 2.45) is 11.8 Å². The van der Waals surface area contributed by atoms with Crippen LogP contribution in [0, 0.1) is 11.8 Å². The number of hydrogen-bond acceptors (Lipinski definition) is 8. The Balaban J connectivity index is 1.17. The van der Waals surface area contributed by atoms with Crippen LogP contribution in [-0.2, 0) is 27.3 Å². The van der Waals surface area contributed by atoms with Crippen LogP contribution < -0.4 is 25.7 Å². The van der Waals surface area contributed by atoms with Gasteiger partial charge in [0.15, 0.2) is 16.7 Å². The molecule has 10 nitrogen and oxygen atoms in total. The first kappa shape index (κ1) is 31.8. The highest BCUT2D eigenvalue weighted by Gasteiger charge is 2.28. The first-order valence-corrected chi connectivity index (χ1v) is 16.4. The second-order valence-electron chi connectivity index (χ2n) is 11.5. The molecular weight excluding hydrogens is 580 g/mol. The zero-order valence-electron chi connectivity index (χ0n) is 25.5. The van der Waals surface area contributed by atoms with Gasteiger partial charge < -0.3 is 24.8 Å². The van der Waals surface area contributed by atoms with Crippen molar-refractivity contribution in [1.29, 1.82) is 0 Å². The number of hydrogen-bond donors (Lipinski definition) is 2. The van der Waals surface area contributed by atoms with Gasteiger partial charge in [0.2, 0.25) is 11.8 Å². The summed E-state index contributed by atoms with van der Waals surface area (Å²) in [6, 6.07) is 13.0. The van der Waals surface area contributed by atoms with E-state index in [-0.39, 0.29) is 41.1 Å². The summed E-state index contributed by atoms with van der Waals surface area (Å²) in [6.07, 6.45) is 6.15. The van der Waals surface area contributed by atoms with Gasteiger partial charge in [-0.05, 0) is 80.7 Å². The van der Waals surface area contributed by atoms with E-state index in [9.17, 15) is 14.4 Å². The monoisotopic (exact) mass is 622 g/mol. The summed E-state index contributed by atoms with van der Waals surface area (Å²) in [5.41, 5.74) is 1.55. The third kappa shape index (κ3) is 8.12. The van der Waals surface area contributed by atoms with Crippen molar-refractivity contribution in [1.82, 2.24) is 20.2 Å². The molecule has 3 aromatic rings. The smallest absolute Gasteiger partial charge is 0.262 e. The Bertz CT molecular complexity index is 1500. The van der Waals surface area contributed by atoms with Crippen LogP contribution >= 0.6 is 11.8 Å². The molecule has 5 rings (SSSR count). The standard InChI is InChI=1S/C33H42N4O6S/c1-41-28-14-11-22(18-29(28)42-2)15-16-34-30(38)21-44-33-36-27-8-4-3-7-26(27)32(40)37(33)20-23-9-12-24(13-10-23)31(39)35-19-25-6-5-17-43-25/h3-4,7-8,11,14,18,23-25H,5-6,9-10,12-13,15-17,19-21H2,1-2H3,(H,34,38)(H,35,39)/t23?,24?,25-/m0/s1. The van der Waals surface area contributed by atoms with Crippen molar-refractivity contribution < 1.29 is 23.8 Å². The van der Waals surface area contributed by atoms with E-state index >= 15 is 0 Å². The molecule has 1 aliphatic heterocycles. The molecule has 11 heteroatoms. The molecule has 1 saturated heterocycles. The molecule has 2 aliphatic rings. The van der Waals surface area contributed by atoms with Crippen molar-refractivity contribution in [3.8, 4) is 11.5 Å². The van der Waals surface area contributed by atoms with Gasteiger partial charge in [-0.2, -0.15) is 0 Å². The van der Waals surface area contributed by atoms with Gasteiger partial charge >= 0.3 is 0 Å². The molecule has 0 spiro atoms. The highest BCUT2D eigenvalue weighted by atomic mass is 32.2. The van der Waals surface area contributed by atoms with Crippen LogP contribution in [0.2, 0.25) is 0 Å². The number of nitrogens with zero attached hydrogens (tertiary/aromatic N) is 2. The molecule has 1 aliphatic carbocycles. The highest BCUT2D eigenvalue weighted by Crippen LogP contribution is 2.31. The molecule has 44 heavy (non-hydrogen) atoms. The zero-order valence-corrected chi connectivity index (χ0v) is 26.3. The van der Waals surface area contributed by atoms with E-state index in [0.29, 0.717) is 53.6 Å². The van der Waals surface area contributed by atoms with Gasteiger partial charge in [0.05, 0.1) is 37.0 Å². The Morgan fingerprint density at radius 1 is 1.02 bits per heavy atom. The zero-order chi connectivity index (χ0) is 30.9. The van der Waals surface area contributed by atoms with Crippen molar-refractivity contribution in [3.05, 3.63) is 58.4 Å². The van der Waals surface area contributed by atoms with E-state index < -0.39 is 0 Å². The maximum atomic E-state index is 13.6. The van der Waals surface area contributed by atoms with E-state index in [1.165, 1.54) is 11.8 Å². The fourth-order valence-corrected chi connectivity index (χ4v) is 6.85. The number of para-hydroxylation sites is 1. The van der Waals surface area contributed by atoms with Gasteiger partial charge in [-0.15, -0.1) is 0 Å². The van der Waals surface area contributed by atoms with Crippen LogP contribution in [0.5, 0.6) is 11.5 Å². The van der Waals surface area contributed by atoms with E-state index in [4.69, 9.17) is 19.2 Å². The molecule has 0 radical (unpaired) electrons. The summed E-state index contributed by atoms with van der Waals surface area (Å²) in [5, 5.41) is 7.16. The lowest BCUT2D eigenvalue weighted by Gasteiger charge is -2.29. The number of fused-ring (bicyclic) bond motifs is 1. The molecule has 1 aromatic heterocycles. The van der Waals surface area contributed by atoms with E-state index in [0.717, 1.165) is 50.7 Å². The number of carbonyl (C=O) groups excluding carboxylic acids is 2. The minimum absolute atomic E-state index is 0.00403. The first-order valence-electron chi connectivity index (χ1n) is 15.4. The van der Waals surface area contributed by atoms with Crippen LogP contribution in [0.3, 0.4) is 0 Å². The maximum absolute atomic E-state index is 13.6. The summed E-state index contributed by atoms with van der Waals surface area (Å²) < 4.78 is 18.0. The van der Waals surface area contributed by atoms with Crippen molar-refractivity contribution >= 4 is 34.5 Å².